The molecule has 0 bridgehead atoms. The number of nitrogens with zero attached hydrogens (tertiary/aromatic N) is 1. The third kappa shape index (κ3) is 6.92. The summed E-state index contributed by atoms with van der Waals surface area (Å²) < 4.78 is 10.3. The fourth-order valence-electron chi connectivity index (χ4n) is 3.60. The van der Waals surface area contributed by atoms with Crippen molar-refractivity contribution in [2.75, 3.05) is 27.4 Å². The lowest BCUT2D eigenvalue weighted by atomic mass is 10.0. The third-order valence-corrected chi connectivity index (χ3v) is 5.31. The van der Waals surface area contributed by atoms with Crippen molar-refractivity contribution in [2.45, 2.75) is 19.0 Å². The second-order valence-corrected chi connectivity index (χ2v) is 7.63. The van der Waals surface area contributed by atoms with Gasteiger partial charge in [-0.25, -0.2) is 0 Å². The van der Waals surface area contributed by atoms with E-state index >= 15 is 0 Å². The van der Waals surface area contributed by atoms with Crippen molar-refractivity contribution in [2.24, 2.45) is 0 Å². The number of rotatable bonds is 11. The van der Waals surface area contributed by atoms with Crippen LogP contribution in [-0.4, -0.2) is 44.1 Å². The molecule has 0 radical (unpaired) electrons. The lowest BCUT2D eigenvalue weighted by Crippen LogP contribution is -2.44. The molecule has 0 aliphatic heterocycles. The molecule has 1 N–H and O–H groups in total. The van der Waals surface area contributed by atoms with Crippen LogP contribution in [0.25, 0.3) is 0 Å². The van der Waals surface area contributed by atoms with Crippen LogP contribution in [0.1, 0.15) is 22.7 Å². The van der Waals surface area contributed by atoms with Crippen LogP contribution in [0.3, 0.4) is 0 Å². The lowest BCUT2D eigenvalue weighted by Gasteiger charge is -2.32. The van der Waals surface area contributed by atoms with Crippen molar-refractivity contribution < 1.29 is 19.1 Å². The average Bonchev–Trinajstić information content (AvgIpc) is 2.85. The average molecular weight is 447 g/mol. The Labute approximate surface area is 195 Å². The number of ether oxygens (including phenoxy) is 2. The molecule has 0 aromatic heterocycles. The van der Waals surface area contributed by atoms with Crippen molar-refractivity contribution in [1.29, 1.82) is 0 Å². The number of carbonyl (C=O) groups is 2. The Kier molecular flexibility index (Phi) is 9.03. The van der Waals surface area contributed by atoms with Crippen LogP contribution in [0.2, 0.25) is 0 Å². The predicted octanol–water partition coefficient (Wildman–Crippen LogP) is 3.77. The molecular weight excluding hydrogens is 416 g/mol. The van der Waals surface area contributed by atoms with Gasteiger partial charge in [0, 0.05) is 20.2 Å². The summed E-state index contributed by atoms with van der Waals surface area (Å²) in [5.74, 6) is 0.360. The zero-order chi connectivity index (χ0) is 23.5. The molecule has 6 nitrogen and oxygen atoms in total. The number of methoxy groups -OCH3 is 2. The molecule has 0 saturated heterocycles. The summed E-state index contributed by atoms with van der Waals surface area (Å²) >= 11 is 0. The van der Waals surface area contributed by atoms with Gasteiger partial charge in [-0.3, -0.25) is 9.59 Å². The minimum atomic E-state index is -0.777. The normalized spacial score (nSPS) is 11.5. The molecule has 2 amide bonds. The number of amides is 2. The summed E-state index contributed by atoms with van der Waals surface area (Å²) in [6, 6.07) is 25.7. The van der Waals surface area contributed by atoms with Gasteiger partial charge in [0.05, 0.1) is 20.1 Å². The van der Waals surface area contributed by atoms with Gasteiger partial charge in [-0.05, 0) is 28.8 Å². The number of carbonyl (C=O) groups excluding carboxylic acids is 2. The maximum atomic E-state index is 13.6. The Morgan fingerprint density at radius 3 is 2.09 bits per heavy atom. The van der Waals surface area contributed by atoms with Crippen molar-refractivity contribution in [3.8, 4) is 5.75 Å². The summed E-state index contributed by atoms with van der Waals surface area (Å²) in [5.41, 5.74) is 2.55. The largest absolute Gasteiger partial charge is 0.497 e. The molecule has 3 aromatic carbocycles. The molecular formula is C27H30N2O4. The Hall–Kier alpha value is -3.64. The second-order valence-electron chi connectivity index (χ2n) is 7.63. The van der Waals surface area contributed by atoms with Crippen LogP contribution in [0.15, 0.2) is 84.9 Å². The topological polar surface area (TPSA) is 67.9 Å². The highest BCUT2D eigenvalue weighted by Gasteiger charge is 2.31. The molecule has 1 atom stereocenters. The first kappa shape index (κ1) is 24.0. The van der Waals surface area contributed by atoms with Gasteiger partial charge in [0.1, 0.15) is 11.8 Å². The summed E-state index contributed by atoms with van der Waals surface area (Å²) in [5, 5.41) is 2.91. The Morgan fingerprint density at radius 2 is 1.48 bits per heavy atom. The van der Waals surface area contributed by atoms with Crippen molar-refractivity contribution in [3.63, 3.8) is 0 Å². The monoisotopic (exact) mass is 446 g/mol. The molecule has 0 saturated carbocycles. The lowest BCUT2D eigenvalue weighted by molar-refractivity contribution is -0.141. The van der Waals surface area contributed by atoms with E-state index in [1.165, 1.54) is 0 Å². The van der Waals surface area contributed by atoms with Gasteiger partial charge >= 0.3 is 0 Å². The van der Waals surface area contributed by atoms with E-state index in [4.69, 9.17) is 9.47 Å². The summed E-state index contributed by atoms with van der Waals surface area (Å²) in [4.78, 5) is 28.6. The maximum absolute atomic E-state index is 13.6. The smallest absolute Gasteiger partial charge is 0.247 e. The van der Waals surface area contributed by atoms with Crippen LogP contribution in [0, 0.1) is 0 Å². The zero-order valence-electron chi connectivity index (χ0n) is 19.1. The number of benzene rings is 3. The molecule has 0 aliphatic rings. The van der Waals surface area contributed by atoms with E-state index in [0.717, 1.165) is 22.4 Å². The minimum Gasteiger partial charge on any atom is -0.497 e. The predicted molar refractivity (Wildman–Crippen MR) is 128 cm³/mol. The number of nitrogens with one attached hydrogen (secondary N) is 1. The van der Waals surface area contributed by atoms with Gasteiger partial charge < -0.3 is 19.7 Å². The minimum absolute atomic E-state index is 0.132. The third-order valence-electron chi connectivity index (χ3n) is 5.31. The molecule has 0 fully saturated rings. The van der Waals surface area contributed by atoms with Crippen LogP contribution >= 0.6 is 0 Å². The highest BCUT2D eigenvalue weighted by Crippen LogP contribution is 2.25. The van der Waals surface area contributed by atoms with Gasteiger partial charge in [-0.2, -0.15) is 0 Å². The van der Waals surface area contributed by atoms with E-state index in [9.17, 15) is 9.59 Å². The SMILES string of the molecule is COCCNC(=O)[C@H](c1ccccc1)N(Cc1ccc(OC)cc1)C(=O)Cc1ccccc1. The highest BCUT2D eigenvalue weighted by atomic mass is 16.5. The van der Waals surface area contributed by atoms with E-state index in [0.29, 0.717) is 13.2 Å². The second kappa shape index (κ2) is 12.4. The molecule has 3 aromatic rings. The molecule has 0 heterocycles. The van der Waals surface area contributed by atoms with E-state index in [1.54, 1.807) is 19.1 Å². The van der Waals surface area contributed by atoms with Gasteiger partial charge in [-0.15, -0.1) is 0 Å². The molecule has 172 valence electrons. The first-order valence-corrected chi connectivity index (χ1v) is 10.9. The van der Waals surface area contributed by atoms with Gasteiger partial charge in [0.15, 0.2) is 0 Å². The standard InChI is InChI=1S/C27H30N2O4/c1-32-18-17-28-27(31)26(23-11-7-4-8-12-23)29(20-22-13-15-24(33-2)16-14-22)25(30)19-21-9-5-3-6-10-21/h3-16,26H,17-20H2,1-2H3,(H,28,31)/t26-/m0/s1. The molecule has 6 heteroatoms. The quantitative estimate of drug-likeness (QED) is 0.456. The Bertz CT molecular complexity index is 1010. The molecule has 0 unspecified atom stereocenters. The summed E-state index contributed by atoms with van der Waals surface area (Å²) in [7, 11) is 3.20. The van der Waals surface area contributed by atoms with Crippen molar-refractivity contribution >= 4 is 11.8 Å². The van der Waals surface area contributed by atoms with Crippen molar-refractivity contribution in [1.82, 2.24) is 10.2 Å². The van der Waals surface area contributed by atoms with Crippen LogP contribution in [0.5, 0.6) is 5.75 Å². The van der Waals surface area contributed by atoms with Crippen LogP contribution in [-0.2, 0) is 27.3 Å². The number of hydrogen-bond acceptors (Lipinski definition) is 4. The van der Waals surface area contributed by atoms with E-state index in [2.05, 4.69) is 5.32 Å². The molecule has 3 rings (SSSR count). The maximum Gasteiger partial charge on any atom is 0.247 e. The fourth-order valence-corrected chi connectivity index (χ4v) is 3.60. The Morgan fingerprint density at radius 1 is 0.848 bits per heavy atom. The van der Waals surface area contributed by atoms with E-state index in [-0.39, 0.29) is 24.8 Å². The van der Waals surface area contributed by atoms with Crippen LogP contribution in [0.4, 0.5) is 0 Å². The molecule has 0 spiro atoms. The summed E-state index contributed by atoms with van der Waals surface area (Å²) in [6.07, 6.45) is 0.200. The summed E-state index contributed by atoms with van der Waals surface area (Å²) in [6.45, 7) is 1.04. The number of hydrogen-bond donors (Lipinski definition) is 1. The fraction of sp³-hybridized carbons (Fsp3) is 0.259. The first-order valence-electron chi connectivity index (χ1n) is 10.9. The molecule has 0 aliphatic carbocycles. The van der Waals surface area contributed by atoms with Gasteiger partial charge in [-0.1, -0.05) is 72.8 Å². The first-order chi connectivity index (χ1) is 16.1. The molecule has 33 heavy (non-hydrogen) atoms. The van der Waals surface area contributed by atoms with Crippen molar-refractivity contribution in [3.05, 3.63) is 102 Å². The van der Waals surface area contributed by atoms with Gasteiger partial charge in [0.2, 0.25) is 11.8 Å². The van der Waals surface area contributed by atoms with Crippen LogP contribution < -0.4 is 10.1 Å². The van der Waals surface area contributed by atoms with E-state index in [1.807, 2.05) is 84.9 Å². The zero-order valence-corrected chi connectivity index (χ0v) is 19.1. The Balaban J connectivity index is 1.95. The van der Waals surface area contributed by atoms with Gasteiger partial charge in [0.25, 0.3) is 0 Å². The highest BCUT2D eigenvalue weighted by molar-refractivity contribution is 5.89. The van der Waals surface area contributed by atoms with E-state index < -0.39 is 6.04 Å².